The molecule has 0 aromatic heterocycles. The molecule has 0 aliphatic carbocycles. The summed E-state index contributed by atoms with van der Waals surface area (Å²) in [7, 11) is 0. The Hall–Kier alpha value is -0.810. The van der Waals surface area contributed by atoms with E-state index in [0.717, 1.165) is 6.26 Å². The van der Waals surface area contributed by atoms with E-state index in [9.17, 15) is 22.0 Å². The summed E-state index contributed by atoms with van der Waals surface area (Å²) in [6.45, 7) is 2.93. The van der Waals surface area contributed by atoms with E-state index in [1.54, 1.807) is 0 Å². The van der Waals surface area contributed by atoms with Crippen LogP contribution in [0, 0.1) is 0 Å². The highest BCUT2D eigenvalue weighted by Gasteiger charge is 2.56. The fourth-order valence-corrected chi connectivity index (χ4v) is 0.603. The van der Waals surface area contributed by atoms with E-state index in [1.807, 2.05) is 0 Å². The Morgan fingerprint density at radius 2 is 1.69 bits per heavy atom. The Bertz CT molecular complexity index is 163. The molecule has 0 fully saturated rings. The minimum Gasteiger partial charge on any atom is -0.502 e. The van der Waals surface area contributed by atoms with Gasteiger partial charge in [-0.15, -0.1) is 0 Å². The quantitative estimate of drug-likeness (QED) is 0.379. The van der Waals surface area contributed by atoms with Crippen LogP contribution in [0.2, 0.25) is 0 Å². The van der Waals surface area contributed by atoms with Gasteiger partial charge in [0.05, 0.1) is 12.9 Å². The number of hydrogen-bond acceptors (Lipinski definition) is 1. The van der Waals surface area contributed by atoms with E-state index in [-0.39, 0.29) is 13.0 Å². The third kappa shape index (κ3) is 4.10. The summed E-state index contributed by atoms with van der Waals surface area (Å²) in [5.74, 6) is -4.63. The molecule has 0 radical (unpaired) electrons. The predicted molar refractivity (Wildman–Crippen MR) is 36.4 cm³/mol. The molecule has 0 saturated carbocycles. The van der Waals surface area contributed by atoms with Gasteiger partial charge in [0.15, 0.2) is 0 Å². The SMILES string of the molecule is C=COCCCC(F)(F)C(F)(F)F. The van der Waals surface area contributed by atoms with Crippen LogP contribution >= 0.6 is 0 Å². The number of rotatable bonds is 5. The van der Waals surface area contributed by atoms with Gasteiger partial charge in [0, 0.05) is 6.42 Å². The van der Waals surface area contributed by atoms with Gasteiger partial charge in [-0.05, 0) is 6.42 Å². The molecule has 0 spiro atoms. The molecule has 0 unspecified atom stereocenters. The van der Waals surface area contributed by atoms with Crippen molar-refractivity contribution in [1.82, 2.24) is 0 Å². The first-order chi connectivity index (χ1) is 5.81. The van der Waals surface area contributed by atoms with Crippen LogP contribution in [0.15, 0.2) is 12.8 Å². The fraction of sp³-hybridized carbons (Fsp3) is 0.714. The van der Waals surface area contributed by atoms with Crippen LogP contribution in [0.5, 0.6) is 0 Å². The van der Waals surface area contributed by atoms with E-state index < -0.39 is 18.5 Å². The van der Waals surface area contributed by atoms with Crippen LogP contribution in [0.4, 0.5) is 22.0 Å². The van der Waals surface area contributed by atoms with Gasteiger partial charge in [0.25, 0.3) is 0 Å². The van der Waals surface area contributed by atoms with Gasteiger partial charge in [-0.1, -0.05) is 6.58 Å². The molecule has 1 nitrogen and oxygen atoms in total. The molecule has 0 aliphatic heterocycles. The van der Waals surface area contributed by atoms with E-state index >= 15 is 0 Å². The highest BCUT2D eigenvalue weighted by Crippen LogP contribution is 2.38. The summed E-state index contributed by atoms with van der Waals surface area (Å²) < 4.78 is 63.3. The highest BCUT2D eigenvalue weighted by atomic mass is 19.4. The van der Waals surface area contributed by atoms with Crippen LogP contribution in [0.3, 0.4) is 0 Å². The van der Waals surface area contributed by atoms with Gasteiger partial charge in [-0.3, -0.25) is 0 Å². The van der Waals surface area contributed by atoms with Crippen LogP contribution in [0.25, 0.3) is 0 Å². The molecule has 0 heterocycles. The van der Waals surface area contributed by atoms with Crippen molar-refractivity contribution in [3.63, 3.8) is 0 Å². The zero-order chi connectivity index (χ0) is 10.5. The summed E-state index contributed by atoms with van der Waals surface area (Å²) >= 11 is 0. The number of ether oxygens (including phenoxy) is 1. The molecule has 6 heteroatoms. The Labute approximate surface area is 72.2 Å². The second-order valence-corrected chi connectivity index (χ2v) is 2.34. The van der Waals surface area contributed by atoms with Crippen LogP contribution < -0.4 is 0 Å². The molecule has 78 valence electrons. The van der Waals surface area contributed by atoms with Gasteiger partial charge in [0.1, 0.15) is 0 Å². The molecule has 0 aromatic carbocycles. The lowest BCUT2D eigenvalue weighted by Gasteiger charge is -2.18. The number of hydrogen-bond donors (Lipinski definition) is 0. The minimum absolute atomic E-state index is 0.185. The van der Waals surface area contributed by atoms with Crippen molar-refractivity contribution in [3.05, 3.63) is 12.8 Å². The summed E-state index contributed by atoms with van der Waals surface area (Å²) in [6, 6.07) is 0. The average Bonchev–Trinajstić information content (AvgIpc) is 1.96. The van der Waals surface area contributed by atoms with E-state index in [1.165, 1.54) is 0 Å². The monoisotopic (exact) mass is 204 g/mol. The molecule has 0 N–H and O–H groups in total. The predicted octanol–water partition coefficient (Wildman–Crippen LogP) is 3.12. The maximum Gasteiger partial charge on any atom is 0.453 e. The third-order valence-electron chi connectivity index (χ3n) is 1.29. The number of alkyl halides is 5. The highest BCUT2D eigenvalue weighted by molar-refractivity contribution is 4.75. The Morgan fingerprint density at radius 1 is 1.15 bits per heavy atom. The van der Waals surface area contributed by atoms with E-state index in [2.05, 4.69) is 11.3 Å². The second-order valence-electron chi connectivity index (χ2n) is 2.34. The van der Waals surface area contributed by atoms with Gasteiger partial charge in [-0.2, -0.15) is 22.0 Å². The van der Waals surface area contributed by atoms with Crippen molar-refractivity contribution < 1.29 is 26.7 Å². The lowest BCUT2D eigenvalue weighted by Crippen LogP contribution is -2.36. The van der Waals surface area contributed by atoms with Crippen molar-refractivity contribution in [2.75, 3.05) is 6.61 Å². The van der Waals surface area contributed by atoms with E-state index in [0.29, 0.717) is 0 Å². The van der Waals surface area contributed by atoms with Crippen molar-refractivity contribution >= 4 is 0 Å². The molecule has 0 aliphatic rings. The maximum absolute atomic E-state index is 12.2. The largest absolute Gasteiger partial charge is 0.502 e. The molecule has 0 amide bonds. The minimum atomic E-state index is -5.47. The number of halogens is 5. The maximum atomic E-state index is 12.2. The summed E-state index contributed by atoms with van der Waals surface area (Å²) in [5, 5.41) is 0. The Morgan fingerprint density at radius 3 is 2.08 bits per heavy atom. The summed E-state index contributed by atoms with van der Waals surface area (Å²) in [5.41, 5.74) is 0. The van der Waals surface area contributed by atoms with Crippen molar-refractivity contribution in [2.45, 2.75) is 24.9 Å². The molecule has 0 rings (SSSR count). The standard InChI is InChI=1S/C7H9F5O/c1-2-13-5-3-4-6(8,9)7(10,11)12/h2H,1,3-5H2. The van der Waals surface area contributed by atoms with Gasteiger partial charge in [0.2, 0.25) is 0 Å². The lowest BCUT2D eigenvalue weighted by molar-refractivity contribution is -0.284. The van der Waals surface area contributed by atoms with Crippen LogP contribution in [-0.4, -0.2) is 18.7 Å². The normalized spacial score (nSPS) is 12.7. The van der Waals surface area contributed by atoms with Crippen molar-refractivity contribution in [3.8, 4) is 0 Å². The Kier molecular flexibility index (Phi) is 4.16. The van der Waals surface area contributed by atoms with Gasteiger partial charge < -0.3 is 4.74 Å². The van der Waals surface area contributed by atoms with E-state index in [4.69, 9.17) is 0 Å². The molecular formula is C7H9F5O. The first-order valence-corrected chi connectivity index (χ1v) is 3.48. The zero-order valence-corrected chi connectivity index (χ0v) is 6.70. The molecule has 0 bridgehead atoms. The summed E-state index contributed by atoms with van der Waals surface area (Å²) in [4.78, 5) is 0. The lowest BCUT2D eigenvalue weighted by atomic mass is 10.2. The molecule has 0 aromatic rings. The van der Waals surface area contributed by atoms with Gasteiger partial charge in [-0.25, -0.2) is 0 Å². The fourth-order valence-electron chi connectivity index (χ4n) is 0.603. The Balaban J connectivity index is 3.83. The van der Waals surface area contributed by atoms with Gasteiger partial charge >= 0.3 is 12.1 Å². The first kappa shape index (κ1) is 12.2. The average molecular weight is 204 g/mol. The van der Waals surface area contributed by atoms with Crippen molar-refractivity contribution in [1.29, 1.82) is 0 Å². The second kappa shape index (κ2) is 4.43. The van der Waals surface area contributed by atoms with Crippen molar-refractivity contribution in [2.24, 2.45) is 0 Å². The van der Waals surface area contributed by atoms with Crippen LogP contribution in [-0.2, 0) is 4.74 Å². The van der Waals surface area contributed by atoms with Crippen LogP contribution in [0.1, 0.15) is 12.8 Å². The smallest absolute Gasteiger partial charge is 0.453 e. The topological polar surface area (TPSA) is 9.23 Å². The molecule has 13 heavy (non-hydrogen) atoms. The summed E-state index contributed by atoms with van der Waals surface area (Å²) in [6.07, 6.45) is -6.10. The third-order valence-corrected chi connectivity index (χ3v) is 1.29. The first-order valence-electron chi connectivity index (χ1n) is 3.48. The zero-order valence-electron chi connectivity index (χ0n) is 6.70. The molecule has 0 saturated heterocycles. The molecular weight excluding hydrogens is 195 g/mol. The molecule has 0 atom stereocenters.